The molecule has 2 rings (SSSR count). The second kappa shape index (κ2) is 1.97. The second-order valence-corrected chi connectivity index (χ2v) is 2.64. The summed E-state index contributed by atoms with van der Waals surface area (Å²) in [5.74, 6) is 0. The molecule has 10 heavy (non-hydrogen) atoms. The fourth-order valence-corrected chi connectivity index (χ4v) is 0.955. The lowest BCUT2D eigenvalue weighted by molar-refractivity contribution is 1.18. The van der Waals surface area contributed by atoms with Gasteiger partial charge in [0.05, 0.1) is 11.9 Å². The minimum absolute atomic E-state index is 1.09. The molecule has 0 saturated carbocycles. The van der Waals surface area contributed by atoms with Crippen LogP contribution in [0.25, 0.3) is 0 Å². The van der Waals surface area contributed by atoms with Gasteiger partial charge in [-0.05, 0) is 19.1 Å². The zero-order chi connectivity index (χ0) is 6.97. The van der Waals surface area contributed by atoms with Crippen LogP contribution in [0.15, 0.2) is 18.3 Å². The molecule has 1 saturated heterocycles. The average Bonchev–Trinajstić information content (AvgIpc) is 2.71. The molecule has 0 radical (unpaired) electrons. The maximum absolute atomic E-state index is 4.20. The van der Waals surface area contributed by atoms with Gasteiger partial charge in [-0.15, -0.1) is 0 Å². The smallest absolute Gasteiger partial charge is 0.0554 e. The van der Waals surface area contributed by atoms with E-state index in [1.165, 1.54) is 18.8 Å². The predicted octanol–water partition coefficient (Wildman–Crippen LogP) is 1.21. The molecule has 0 atom stereocenters. The molecule has 1 aliphatic rings. The lowest BCUT2D eigenvalue weighted by Crippen LogP contribution is -1.91. The molecule has 0 unspecified atom stereocenters. The zero-order valence-corrected chi connectivity index (χ0v) is 6.04. The molecule has 52 valence electrons. The minimum atomic E-state index is 1.09. The number of pyridine rings is 1. The molecule has 2 nitrogen and oxygen atoms in total. The molecule has 0 amide bonds. The Bertz CT molecular complexity index is 224. The van der Waals surface area contributed by atoms with Gasteiger partial charge in [0.1, 0.15) is 0 Å². The molecule has 2 heteroatoms. The summed E-state index contributed by atoms with van der Waals surface area (Å²) in [7, 11) is 0. The summed E-state index contributed by atoms with van der Waals surface area (Å²) in [6.07, 6.45) is 1.93. The summed E-state index contributed by atoms with van der Waals surface area (Å²) in [4.78, 5) is 6.48. The number of aromatic nitrogens is 1. The molecule has 0 bridgehead atoms. The largest absolute Gasteiger partial charge is 0.367 e. The van der Waals surface area contributed by atoms with Crippen molar-refractivity contribution in [2.75, 3.05) is 18.0 Å². The molecule has 1 fully saturated rings. The van der Waals surface area contributed by atoms with Crippen molar-refractivity contribution in [2.24, 2.45) is 0 Å². The molecular weight excluding hydrogens is 124 g/mol. The number of nitrogens with zero attached hydrogens (tertiary/aromatic N) is 2. The Labute approximate surface area is 60.5 Å². The van der Waals surface area contributed by atoms with E-state index in [-0.39, 0.29) is 0 Å². The lowest BCUT2D eigenvalue weighted by atomic mass is 10.3. The topological polar surface area (TPSA) is 15.9 Å². The van der Waals surface area contributed by atoms with Crippen LogP contribution >= 0.6 is 0 Å². The summed E-state index contributed by atoms with van der Waals surface area (Å²) in [5, 5.41) is 0. The van der Waals surface area contributed by atoms with Gasteiger partial charge < -0.3 is 4.90 Å². The fraction of sp³-hybridized carbons (Fsp3) is 0.375. The Hall–Kier alpha value is -1.05. The van der Waals surface area contributed by atoms with E-state index in [0.29, 0.717) is 0 Å². The summed E-state index contributed by atoms with van der Waals surface area (Å²) >= 11 is 0. The van der Waals surface area contributed by atoms with Gasteiger partial charge in [-0.25, -0.2) is 0 Å². The molecule has 0 aromatic carbocycles. The molecule has 1 aromatic heterocycles. The normalized spacial score (nSPS) is 15.5. The van der Waals surface area contributed by atoms with Crippen LogP contribution in [0.2, 0.25) is 0 Å². The molecule has 1 aliphatic heterocycles. The van der Waals surface area contributed by atoms with E-state index in [1.807, 2.05) is 19.2 Å². The third-order valence-corrected chi connectivity index (χ3v) is 1.71. The van der Waals surface area contributed by atoms with Crippen LogP contribution in [0.4, 0.5) is 5.69 Å². The number of anilines is 1. The lowest BCUT2D eigenvalue weighted by Gasteiger charge is -1.99. The van der Waals surface area contributed by atoms with Gasteiger partial charge in [-0.2, -0.15) is 0 Å². The first-order valence-electron chi connectivity index (χ1n) is 3.54. The van der Waals surface area contributed by atoms with Crippen molar-refractivity contribution < 1.29 is 0 Å². The van der Waals surface area contributed by atoms with Crippen LogP contribution < -0.4 is 4.90 Å². The molecule has 0 N–H and O–H groups in total. The van der Waals surface area contributed by atoms with Crippen LogP contribution in [0.5, 0.6) is 0 Å². The number of aryl methyl sites for hydroxylation is 1. The molecule has 0 spiro atoms. The van der Waals surface area contributed by atoms with Crippen molar-refractivity contribution in [1.82, 2.24) is 4.98 Å². The zero-order valence-electron chi connectivity index (χ0n) is 6.04. The molecule has 2 heterocycles. The summed E-state index contributed by atoms with van der Waals surface area (Å²) in [6.45, 7) is 4.40. The van der Waals surface area contributed by atoms with Gasteiger partial charge >= 0.3 is 0 Å². The van der Waals surface area contributed by atoms with Crippen molar-refractivity contribution in [2.45, 2.75) is 6.92 Å². The fourth-order valence-electron chi connectivity index (χ4n) is 0.955. The van der Waals surface area contributed by atoms with Gasteiger partial charge in [0.2, 0.25) is 0 Å². The average molecular weight is 134 g/mol. The Morgan fingerprint density at radius 1 is 1.40 bits per heavy atom. The second-order valence-electron chi connectivity index (χ2n) is 2.64. The van der Waals surface area contributed by atoms with E-state index in [0.717, 1.165) is 5.69 Å². The third-order valence-electron chi connectivity index (χ3n) is 1.71. The molecule has 0 aliphatic carbocycles. The highest BCUT2D eigenvalue weighted by atomic mass is 15.3. The Balaban J connectivity index is 2.28. The van der Waals surface area contributed by atoms with Crippen molar-refractivity contribution in [3.63, 3.8) is 0 Å². The predicted molar refractivity (Wildman–Crippen MR) is 41.2 cm³/mol. The Morgan fingerprint density at radius 2 is 2.20 bits per heavy atom. The van der Waals surface area contributed by atoms with Crippen LogP contribution in [0, 0.1) is 6.92 Å². The van der Waals surface area contributed by atoms with Gasteiger partial charge in [0.25, 0.3) is 0 Å². The first kappa shape index (κ1) is 5.71. The van der Waals surface area contributed by atoms with E-state index < -0.39 is 0 Å². The Kier molecular flexibility index (Phi) is 1.13. The summed E-state index contributed by atoms with van der Waals surface area (Å²) in [5.41, 5.74) is 2.34. The molecule has 1 aromatic rings. The third kappa shape index (κ3) is 0.967. The first-order chi connectivity index (χ1) is 4.86. The number of hydrogen-bond acceptors (Lipinski definition) is 2. The number of rotatable bonds is 1. The highest BCUT2D eigenvalue weighted by molar-refractivity contribution is 5.49. The maximum Gasteiger partial charge on any atom is 0.0554 e. The van der Waals surface area contributed by atoms with E-state index in [4.69, 9.17) is 0 Å². The van der Waals surface area contributed by atoms with Crippen molar-refractivity contribution in [1.29, 1.82) is 0 Å². The number of hydrogen-bond donors (Lipinski definition) is 0. The standard InChI is InChI=1S/C8H10N2/c1-7-2-3-8(6-9-7)10-4-5-10/h2-3,6H,4-5H2,1H3. The van der Waals surface area contributed by atoms with E-state index >= 15 is 0 Å². The van der Waals surface area contributed by atoms with Gasteiger partial charge in [-0.1, -0.05) is 0 Å². The highest BCUT2D eigenvalue weighted by Crippen LogP contribution is 2.18. The quantitative estimate of drug-likeness (QED) is 0.536. The van der Waals surface area contributed by atoms with E-state index in [2.05, 4.69) is 16.0 Å². The van der Waals surface area contributed by atoms with E-state index in [9.17, 15) is 0 Å². The van der Waals surface area contributed by atoms with Crippen LogP contribution in [-0.2, 0) is 0 Å². The summed E-state index contributed by atoms with van der Waals surface area (Å²) < 4.78 is 0. The van der Waals surface area contributed by atoms with Gasteiger partial charge in [0.15, 0.2) is 0 Å². The first-order valence-corrected chi connectivity index (χ1v) is 3.54. The van der Waals surface area contributed by atoms with Crippen molar-refractivity contribution in [3.8, 4) is 0 Å². The maximum atomic E-state index is 4.20. The van der Waals surface area contributed by atoms with Crippen molar-refractivity contribution >= 4 is 5.69 Å². The Morgan fingerprint density at radius 3 is 2.70 bits per heavy atom. The van der Waals surface area contributed by atoms with Crippen LogP contribution in [-0.4, -0.2) is 18.1 Å². The van der Waals surface area contributed by atoms with E-state index in [1.54, 1.807) is 0 Å². The summed E-state index contributed by atoms with van der Waals surface area (Å²) in [6, 6.07) is 4.17. The van der Waals surface area contributed by atoms with Gasteiger partial charge in [-0.3, -0.25) is 4.98 Å². The monoisotopic (exact) mass is 134 g/mol. The van der Waals surface area contributed by atoms with Gasteiger partial charge in [0, 0.05) is 18.8 Å². The van der Waals surface area contributed by atoms with Crippen LogP contribution in [0.1, 0.15) is 5.69 Å². The van der Waals surface area contributed by atoms with Crippen molar-refractivity contribution in [3.05, 3.63) is 24.0 Å². The van der Waals surface area contributed by atoms with Crippen LogP contribution in [0.3, 0.4) is 0 Å². The molecular formula is C8H10N2. The SMILES string of the molecule is Cc1ccc(N2CC2)cn1. The highest BCUT2D eigenvalue weighted by Gasteiger charge is 2.17. The minimum Gasteiger partial charge on any atom is -0.367 e.